The molecule has 0 amide bonds. The molecule has 74 valence electrons. The van der Waals surface area contributed by atoms with Crippen molar-refractivity contribution < 1.29 is 4.74 Å². The normalized spacial score (nSPS) is 13.8. The van der Waals surface area contributed by atoms with Crippen molar-refractivity contribution in [2.24, 2.45) is 0 Å². The summed E-state index contributed by atoms with van der Waals surface area (Å²) in [6.45, 7) is 5.10. The number of methoxy groups -OCH3 is 1. The van der Waals surface area contributed by atoms with Crippen LogP contribution in [0.4, 0.5) is 0 Å². The van der Waals surface area contributed by atoms with Crippen LogP contribution in [0.3, 0.4) is 0 Å². The van der Waals surface area contributed by atoms with E-state index < -0.39 is 0 Å². The maximum Gasteiger partial charge on any atom is 0.0615 e. The van der Waals surface area contributed by atoms with Crippen molar-refractivity contribution in [1.29, 1.82) is 0 Å². The van der Waals surface area contributed by atoms with Gasteiger partial charge in [0.25, 0.3) is 0 Å². The van der Waals surface area contributed by atoms with Gasteiger partial charge in [-0.15, -0.1) is 0 Å². The van der Waals surface area contributed by atoms with E-state index >= 15 is 0 Å². The Labute approximate surface area is 76.1 Å². The molecular formula is C9H22N2O. The molecule has 0 saturated heterocycles. The lowest BCUT2D eigenvalue weighted by Gasteiger charge is -2.17. The van der Waals surface area contributed by atoms with Crippen molar-refractivity contribution in [2.75, 3.05) is 40.9 Å². The fourth-order valence-electron chi connectivity index (χ4n) is 1.01. The molecule has 0 radical (unpaired) electrons. The molecule has 1 N–H and O–H groups in total. The smallest absolute Gasteiger partial charge is 0.0615 e. The Morgan fingerprint density at radius 1 is 1.42 bits per heavy atom. The molecule has 0 aromatic carbocycles. The second-order valence-electron chi connectivity index (χ2n) is 3.32. The number of nitrogens with zero attached hydrogens (tertiary/aromatic N) is 1. The van der Waals surface area contributed by atoms with Gasteiger partial charge in [-0.25, -0.2) is 0 Å². The first-order valence-corrected chi connectivity index (χ1v) is 4.57. The summed E-state index contributed by atoms with van der Waals surface area (Å²) in [5.74, 6) is 0. The van der Waals surface area contributed by atoms with Gasteiger partial charge in [0.15, 0.2) is 0 Å². The minimum Gasteiger partial charge on any atom is -0.383 e. The standard InChI is InChI=1S/C9H22N2O/c1-5-9(8-12-4)10-6-7-11(2)3/h9-10H,5-8H2,1-4H3. The van der Waals surface area contributed by atoms with E-state index in [-0.39, 0.29) is 0 Å². The van der Waals surface area contributed by atoms with Gasteiger partial charge in [-0.1, -0.05) is 6.92 Å². The van der Waals surface area contributed by atoms with Gasteiger partial charge in [0.1, 0.15) is 0 Å². The van der Waals surface area contributed by atoms with E-state index in [0.717, 1.165) is 26.1 Å². The minimum absolute atomic E-state index is 0.509. The molecule has 0 aliphatic heterocycles. The molecule has 12 heavy (non-hydrogen) atoms. The highest BCUT2D eigenvalue weighted by Gasteiger charge is 2.03. The van der Waals surface area contributed by atoms with Crippen molar-refractivity contribution in [1.82, 2.24) is 10.2 Å². The zero-order chi connectivity index (χ0) is 9.40. The largest absolute Gasteiger partial charge is 0.383 e. The highest BCUT2D eigenvalue weighted by molar-refractivity contribution is 4.63. The van der Waals surface area contributed by atoms with Crippen LogP contribution in [0.15, 0.2) is 0 Å². The molecule has 1 unspecified atom stereocenters. The highest BCUT2D eigenvalue weighted by Crippen LogP contribution is 1.90. The number of ether oxygens (including phenoxy) is 1. The third kappa shape index (κ3) is 6.58. The lowest BCUT2D eigenvalue weighted by Crippen LogP contribution is -2.37. The lowest BCUT2D eigenvalue weighted by atomic mass is 10.2. The molecule has 0 fully saturated rings. The molecule has 0 aromatic heterocycles. The topological polar surface area (TPSA) is 24.5 Å². The number of rotatable bonds is 7. The SMILES string of the molecule is CCC(COC)NCCN(C)C. The van der Waals surface area contributed by atoms with Gasteiger partial charge in [0, 0.05) is 26.2 Å². The zero-order valence-corrected chi connectivity index (χ0v) is 8.76. The summed E-state index contributed by atoms with van der Waals surface area (Å²) in [4.78, 5) is 2.17. The van der Waals surface area contributed by atoms with Crippen LogP contribution in [0.2, 0.25) is 0 Å². The van der Waals surface area contributed by atoms with E-state index in [9.17, 15) is 0 Å². The molecule has 1 atom stereocenters. The fourth-order valence-corrected chi connectivity index (χ4v) is 1.01. The molecule has 0 heterocycles. The molecule has 0 aromatic rings. The summed E-state index contributed by atoms with van der Waals surface area (Å²) >= 11 is 0. The van der Waals surface area contributed by atoms with Crippen LogP contribution in [-0.4, -0.2) is 51.8 Å². The summed E-state index contributed by atoms with van der Waals surface area (Å²) in [7, 11) is 5.91. The first-order chi connectivity index (χ1) is 5.70. The van der Waals surface area contributed by atoms with Crippen LogP contribution in [0.25, 0.3) is 0 Å². The van der Waals surface area contributed by atoms with Crippen molar-refractivity contribution in [3.8, 4) is 0 Å². The van der Waals surface area contributed by atoms with Gasteiger partial charge >= 0.3 is 0 Å². The fraction of sp³-hybridized carbons (Fsp3) is 1.00. The predicted octanol–water partition coefficient (Wildman–Crippen LogP) is 0.563. The maximum absolute atomic E-state index is 5.08. The molecule has 0 aliphatic rings. The Morgan fingerprint density at radius 3 is 2.50 bits per heavy atom. The maximum atomic E-state index is 5.08. The van der Waals surface area contributed by atoms with Crippen LogP contribution in [-0.2, 0) is 4.74 Å². The van der Waals surface area contributed by atoms with Gasteiger partial charge in [0.2, 0.25) is 0 Å². The Kier molecular flexibility index (Phi) is 7.45. The van der Waals surface area contributed by atoms with Crippen LogP contribution >= 0.6 is 0 Å². The number of hydrogen-bond acceptors (Lipinski definition) is 3. The van der Waals surface area contributed by atoms with E-state index in [1.807, 2.05) is 0 Å². The summed E-state index contributed by atoms with van der Waals surface area (Å²) in [6.07, 6.45) is 1.13. The zero-order valence-electron chi connectivity index (χ0n) is 8.76. The van der Waals surface area contributed by atoms with Crippen LogP contribution in [0, 0.1) is 0 Å². The monoisotopic (exact) mass is 174 g/mol. The van der Waals surface area contributed by atoms with Crippen molar-refractivity contribution in [2.45, 2.75) is 19.4 Å². The lowest BCUT2D eigenvalue weighted by molar-refractivity contribution is 0.163. The molecule has 0 bridgehead atoms. The average molecular weight is 174 g/mol. The van der Waals surface area contributed by atoms with Crippen molar-refractivity contribution >= 4 is 0 Å². The van der Waals surface area contributed by atoms with Crippen LogP contribution < -0.4 is 5.32 Å². The molecule has 0 spiro atoms. The van der Waals surface area contributed by atoms with E-state index in [4.69, 9.17) is 4.74 Å². The quantitative estimate of drug-likeness (QED) is 0.610. The Balaban J connectivity index is 3.31. The Morgan fingerprint density at radius 2 is 2.08 bits per heavy atom. The molecule has 0 rings (SSSR count). The molecule has 3 nitrogen and oxygen atoms in total. The van der Waals surface area contributed by atoms with Crippen LogP contribution in [0.5, 0.6) is 0 Å². The number of nitrogens with one attached hydrogen (secondary N) is 1. The van der Waals surface area contributed by atoms with Crippen molar-refractivity contribution in [3.05, 3.63) is 0 Å². The van der Waals surface area contributed by atoms with E-state index in [0.29, 0.717) is 6.04 Å². The summed E-state index contributed by atoms with van der Waals surface area (Å²) < 4.78 is 5.08. The first kappa shape index (κ1) is 11.9. The van der Waals surface area contributed by atoms with Gasteiger partial charge < -0.3 is 15.0 Å². The minimum atomic E-state index is 0.509. The van der Waals surface area contributed by atoms with Gasteiger partial charge in [-0.3, -0.25) is 0 Å². The van der Waals surface area contributed by atoms with Crippen LogP contribution in [0.1, 0.15) is 13.3 Å². The van der Waals surface area contributed by atoms with Crippen molar-refractivity contribution in [3.63, 3.8) is 0 Å². The highest BCUT2D eigenvalue weighted by atomic mass is 16.5. The summed E-state index contributed by atoms with van der Waals surface area (Å²) in [5, 5.41) is 3.44. The number of likely N-dealkylation sites (N-methyl/N-ethyl adjacent to an activating group) is 1. The van der Waals surface area contributed by atoms with Gasteiger partial charge in [0.05, 0.1) is 6.61 Å². The summed E-state index contributed by atoms with van der Waals surface area (Å²) in [5.41, 5.74) is 0. The molecule has 0 aliphatic carbocycles. The second-order valence-corrected chi connectivity index (χ2v) is 3.32. The second kappa shape index (κ2) is 7.53. The van der Waals surface area contributed by atoms with E-state index in [2.05, 4.69) is 31.2 Å². The first-order valence-electron chi connectivity index (χ1n) is 4.57. The third-order valence-corrected chi connectivity index (χ3v) is 1.85. The number of hydrogen-bond donors (Lipinski definition) is 1. The summed E-state index contributed by atoms with van der Waals surface area (Å²) in [6, 6.07) is 0.509. The Bertz CT molecular complexity index is 96.5. The predicted molar refractivity (Wildman–Crippen MR) is 52.5 cm³/mol. The Hall–Kier alpha value is -0.120. The van der Waals surface area contributed by atoms with Gasteiger partial charge in [-0.2, -0.15) is 0 Å². The van der Waals surface area contributed by atoms with Gasteiger partial charge in [-0.05, 0) is 20.5 Å². The molecular weight excluding hydrogens is 152 g/mol. The van der Waals surface area contributed by atoms with E-state index in [1.165, 1.54) is 0 Å². The van der Waals surface area contributed by atoms with E-state index in [1.54, 1.807) is 7.11 Å². The molecule has 3 heteroatoms. The average Bonchev–Trinajstić information content (AvgIpc) is 2.02. The molecule has 0 saturated carbocycles. The third-order valence-electron chi connectivity index (χ3n) is 1.85.